The predicted molar refractivity (Wildman–Crippen MR) is 64.0 cm³/mol. The van der Waals surface area contributed by atoms with Crippen molar-refractivity contribution in [1.29, 1.82) is 0 Å². The fourth-order valence-corrected chi connectivity index (χ4v) is 2.15. The van der Waals surface area contributed by atoms with Gasteiger partial charge in [-0.1, -0.05) is 25.4 Å². The van der Waals surface area contributed by atoms with Crippen LogP contribution in [0.15, 0.2) is 12.1 Å². The molecule has 1 atom stereocenters. The monoisotopic (exact) mass is 241 g/mol. The Hall–Kier alpha value is -0.930. The summed E-state index contributed by atoms with van der Waals surface area (Å²) < 4.78 is 10.6. The molecule has 0 bridgehead atoms. The molecular formula is C12H16ClNO2. The predicted octanol–water partition coefficient (Wildman–Crippen LogP) is 3.11. The molecule has 1 aromatic carbocycles. The summed E-state index contributed by atoms with van der Waals surface area (Å²) in [6, 6.07) is 3.61. The Bertz CT molecular complexity index is 393. The molecule has 0 aliphatic carbocycles. The van der Waals surface area contributed by atoms with Gasteiger partial charge in [-0.05, 0) is 24.0 Å². The molecule has 88 valence electrons. The van der Waals surface area contributed by atoms with Crippen LogP contribution >= 0.6 is 11.6 Å². The molecule has 0 saturated carbocycles. The maximum absolute atomic E-state index is 6.17. The van der Waals surface area contributed by atoms with E-state index in [0.717, 1.165) is 17.7 Å². The summed E-state index contributed by atoms with van der Waals surface area (Å²) in [5.41, 5.74) is 7.04. The average Bonchev–Trinajstić information content (AvgIpc) is 2.61. The van der Waals surface area contributed by atoms with E-state index in [1.165, 1.54) is 0 Å². The molecule has 1 aromatic rings. The fraction of sp³-hybridized carbons (Fsp3) is 0.500. The minimum Gasteiger partial charge on any atom is -0.454 e. The van der Waals surface area contributed by atoms with Crippen LogP contribution in [0.4, 0.5) is 0 Å². The van der Waals surface area contributed by atoms with Crippen LogP contribution < -0.4 is 15.2 Å². The van der Waals surface area contributed by atoms with Crippen molar-refractivity contribution >= 4 is 11.6 Å². The molecule has 2 N–H and O–H groups in total. The van der Waals surface area contributed by atoms with E-state index in [4.69, 9.17) is 26.8 Å². The fourth-order valence-electron chi connectivity index (χ4n) is 1.85. The van der Waals surface area contributed by atoms with E-state index in [1.54, 1.807) is 6.07 Å². The highest BCUT2D eigenvalue weighted by molar-refractivity contribution is 6.31. The zero-order chi connectivity index (χ0) is 11.7. The molecule has 4 heteroatoms. The molecule has 0 radical (unpaired) electrons. The number of hydrogen-bond donors (Lipinski definition) is 1. The van der Waals surface area contributed by atoms with Crippen molar-refractivity contribution < 1.29 is 9.47 Å². The zero-order valence-electron chi connectivity index (χ0n) is 9.50. The van der Waals surface area contributed by atoms with E-state index in [1.807, 2.05) is 6.07 Å². The quantitative estimate of drug-likeness (QED) is 0.884. The van der Waals surface area contributed by atoms with Crippen molar-refractivity contribution in [2.45, 2.75) is 26.3 Å². The largest absolute Gasteiger partial charge is 0.454 e. The number of hydrogen-bond acceptors (Lipinski definition) is 3. The lowest BCUT2D eigenvalue weighted by molar-refractivity contribution is 0.174. The van der Waals surface area contributed by atoms with Gasteiger partial charge in [0.1, 0.15) is 0 Å². The highest BCUT2D eigenvalue weighted by Crippen LogP contribution is 2.39. The van der Waals surface area contributed by atoms with Crippen LogP contribution in [0.1, 0.15) is 31.9 Å². The van der Waals surface area contributed by atoms with Crippen molar-refractivity contribution in [3.8, 4) is 11.5 Å². The Morgan fingerprint density at radius 2 is 1.94 bits per heavy atom. The summed E-state index contributed by atoms with van der Waals surface area (Å²) in [6.07, 6.45) is 0.902. The van der Waals surface area contributed by atoms with Crippen LogP contribution in [0, 0.1) is 5.92 Å². The maximum Gasteiger partial charge on any atom is 0.231 e. The third-order valence-electron chi connectivity index (χ3n) is 2.62. The van der Waals surface area contributed by atoms with Crippen molar-refractivity contribution in [1.82, 2.24) is 0 Å². The molecule has 0 saturated heterocycles. The summed E-state index contributed by atoms with van der Waals surface area (Å²) in [4.78, 5) is 0. The van der Waals surface area contributed by atoms with Crippen molar-refractivity contribution in [3.05, 3.63) is 22.7 Å². The van der Waals surface area contributed by atoms with Gasteiger partial charge in [-0.2, -0.15) is 0 Å². The second-order valence-electron chi connectivity index (χ2n) is 4.46. The lowest BCUT2D eigenvalue weighted by Gasteiger charge is -2.16. The van der Waals surface area contributed by atoms with Gasteiger partial charge in [0.05, 0.1) is 0 Å². The third-order valence-corrected chi connectivity index (χ3v) is 2.94. The summed E-state index contributed by atoms with van der Waals surface area (Å²) in [7, 11) is 0. The Balaban J connectivity index is 2.27. The summed E-state index contributed by atoms with van der Waals surface area (Å²) in [5.74, 6) is 1.97. The normalized spacial score (nSPS) is 15.6. The minimum atomic E-state index is -0.0537. The Kier molecular flexibility index (Phi) is 3.26. The molecule has 0 amide bonds. The molecule has 2 rings (SSSR count). The summed E-state index contributed by atoms with van der Waals surface area (Å²) in [6.45, 7) is 4.54. The summed E-state index contributed by atoms with van der Waals surface area (Å²) >= 11 is 6.17. The van der Waals surface area contributed by atoms with Gasteiger partial charge in [-0.25, -0.2) is 0 Å². The second kappa shape index (κ2) is 4.52. The van der Waals surface area contributed by atoms with Crippen molar-refractivity contribution in [2.75, 3.05) is 6.79 Å². The van der Waals surface area contributed by atoms with Crippen LogP contribution in [0.25, 0.3) is 0 Å². The lowest BCUT2D eigenvalue weighted by atomic mass is 9.97. The Labute approximate surface area is 100 Å². The van der Waals surface area contributed by atoms with Crippen molar-refractivity contribution in [3.63, 3.8) is 0 Å². The molecule has 0 unspecified atom stereocenters. The number of rotatable bonds is 3. The van der Waals surface area contributed by atoms with Gasteiger partial charge >= 0.3 is 0 Å². The van der Waals surface area contributed by atoms with E-state index in [0.29, 0.717) is 16.7 Å². The van der Waals surface area contributed by atoms with E-state index in [9.17, 15) is 0 Å². The molecule has 1 aliphatic heterocycles. The van der Waals surface area contributed by atoms with Gasteiger partial charge in [-0.3, -0.25) is 0 Å². The number of nitrogens with two attached hydrogens (primary N) is 1. The number of benzene rings is 1. The van der Waals surface area contributed by atoms with Crippen LogP contribution in [0.2, 0.25) is 5.02 Å². The number of halogens is 1. The number of ether oxygens (including phenoxy) is 2. The summed E-state index contributed by atoms with van der Waals surface area (Å²) in [5, 5.41) is 0.650. The van der Waals surface area contributed by atoms with Gasteiger partial charge in [0, 0.05) is 17.1 Å². The van der Waals surface area contributed by atoms with Crippen LogP contribution in [0.5, 0.6) is 11.5 Å². The van der Waals surface area contributed by atoms with E-state index in [2.05, 4.69) is 13.8 Å². The first-order chi connectivity index (χ1) is 7.58. The van der Waals surface area contributed by atoms with E-state index in [-0.39, 0.29) is 12.8 Å². The smallest absolute Gasteiger partial charge is 0.231 e. The SMILES string of the molecule is CC(C)C[C@H](N)c1cc2c(cc1Cl)OCO2. The second-order valence-corrected chi connectivity index (χ2v) is 4.87. The molecule has 1 aliphatic rings. The highest BCUT2D eigenvalue weighted by atomic mass is 35.5. The van der Waals surface area contributed by atoms with E-state index < -0.39 is 0 Å². The van der Waals surface area contributed by atoms with Crippen LogP contribution in [-0.4, -0.2) is 6.79 Å². The van der Waals surface area contributed by atoms with Gasteiger partial charge in [0.2, 0.25) is 6.79 Å². The topological polar surface area (TPSA) is 44.5 Å². The van der Waals surface area contributed by atoms with Gasteiger partial charge < -0.3 is 15.2 Å². The first-order valence-electron chi connectivity index (χ1n) is 5.42. The lowest BCUT2D eigenvalue weighted by Crippen LogP contribution is -2.13. The van der Waals surface area contributed by atoms with Gasteiger partial charge in [-0.15, -0.1) is 0 Å². The molecule has 3 nitrogen and oxygen atoms in total. The first kappa shape index (κ1) is 11.6. The Morgan fingerprint density at radius 1 is 1.31 bits per heavy atom. The van der Waals surface area contributed by atoms with Crippen molar-refractivity contribution in [2.24, 2.45) is 11.7 Å². The molecular weight excluding hydrogens is 226 g/mol. The highest BCUT2D eigenvalue weighted by Gasteiger charge is 2.20. The third kappa shape index (κ3) is 2.25. The molecule has 0 spiro atoms. The maximum atomic E-state index is 6.17. The standard InChI is InChI=1S/C12H16ClNO2/c1-7(2)3-10(14)8-4-11-12(5-9(8)13)16-6-15-11/h4-5,7,10H,3,6,14H2,1-2H3/t10-/m0/s1. The van der Waals surface area contributed by atoms with Crippen LogP contribution in [0.3, 0.4) is 0 Å². The van der Waals surface area contributed by atoms with Gasteiger partial charge in [0.15, 0.2) is 11.5 Å². The molecule has 16 heavy (non-hydrogen) atoms. The average molecular weight is 242 g/mol. The molecule has 0 fully saturated rings. The zero-order valence-corrected chi connectivity index (χ0v) is 10.3. The minimum absolute atomic E-state index is 0.0537. The Morgan fingerprint density at radius 3 is 2.56 bits per heavy atom. The first-order valence-corrected chi connectivity index (χ1v) is 5.80. The number of fused-ring (bicyclic) bond motifs is 1. The molecule has 1 heterocycles. The van der Waals surface area contributed by atoms with Crippen LogP contribution in [-0.2, 0) is 0 Å². The van der Waals surface area contributed by atoms with E-state index >= 15 is 0 Å². The van der Waals surface area contributed by atoms with Gasteiger partial charge in [0.25, 0.3) is 0 Å². The molecule has 0 aromatic heterocycles.